The van der Waals surface area contributed by atoms with Gasteiger partial charge in [-0.1, -0.05) is 43.5 Å². The summed E-state index contributed by atoms with van der Waals surface area (Å²) < 4.78 is 0. The van der Waals surface area contributed by atoms with Gasteiger partial charge in [-0.3, -0.25) is 19.8 Å². The van der Waals surface area contributed by atoms with Crippen molar-refractivity contribution in [3.05, 3.63) is 34.9 Å². The minimum Gasteiger partial charge on any atom is -0.335 e. The van der Waals surface area contributed by atoms with Gasteiger partial charge in [0.15, 0.2) is 0 Å². The highest BCUT2D eigenvalue weighted by molar-refractivity contribution is 6.30. The zero-order valence-corrected chi connectivity index (χ0v) is 17.2. The van der Waals surface area contributed by atoms with E-state index in [0.717, 1.165) is 30.6 Å². The van der Waals surface area contributed by atoms with E-state index in [1.807, 2.05) is 0 Å². The molecule has 0 radical (unpaired) electrons. The Hall–Kier alpha value is -2.61. The Labute approximate surface area is 174 Å². The van der Waals surface area contributed by atoms with Crippen LogP contribution in [-0.4, -0.2) is 41.4 Å². The zero-order chi connectivity index (χ0) is 21.2. The SMILES string of the molecule is CC1CCCCC1NC(=O)NC(=O)CN1C(=O)NC(C)(c2ccc(Cl)cc2)C1=O. The molecular formula is C20H25ClN4O4. The molecule has 2 aliphatic rings. The molecule has 1 saturated carbocycles. The second-order valence-corrected chi connectivity index (χ2v) is 8.28. The predicted molar refractivity (Wildman–Crippen MR) is 107 cm³/mol. The quantitative estimate of drug-likeness (QED) is 0.650. The highest BCUT2D eigenvalue weighted by Gasteiger charge is 2.49. The summed E-state index contributed by atoms with van der Waals surface area (Å²) in [5.41, 5.74) is -0.756. The average molecular weight is 421 g/mol. The molecule has 1 aromatic carbocycles. The summed E-state index contributed by atoms with van der Waals surface area (Å²) >= 11 is 5.88. The summed E-state index contributed by atoms with van der Waals surface area (Å²) in [5.74, 6) is -0.952. The van der Waals surface area contributed by atoms with Crippen molar-refractivity contribution in [2.45, 2.75) is 51.1 Å². The number of carbonyl (C=O) groups excluding carboxylic acids is 4. The standard InChI is InChI=1S/C20H25ClN4O4/c1-12-5-3-4-6-15(12)22-18(28)23-16(26)11-25-17(27)20(2,24-19(25)29)13-7-9-14(21)10-8-13/h7-10,12,15H,3-6,11H2,1-2H3,(H,24,29)(H2,22,23,26,28). The minimum atomic E-state index is -1.30. The highest BCUT2D eigenvalue weighted by atomic mass is 35.5. The smallest absolute Gasteiger partial charge is 0.325 e. The number of hydrogen-bond acceptors (Lipinski definition) is 4. The van der Waals surface area contributed by atoms with Crippen LogP contribution in [0.5, 0.6) is 0 Å². The molecule has 156 valence electrons. The molecule has 1 aliphatic carbocycles. The third kappa shape index (κ3) is 4.53. The number of benzene rings is 1. The maximum absolute atomic E-state index is 12.8. The van der Waals surface area contributed by atoms with Gasteiger partial charge in [0.2, 0.25) is 5.91 Å². The van der Waals surface area contributed by atoms with E-state index in [1.165, 1.54) is 0 Å². The fraction of sp³-hybridized carbons (Fsp3) is 0.500. The van der Waals surface area contributed by atoms with Crippen LogP contribution in [0.1, 0.15) is 45.1 Å². The predicted octanol–water partition coefficient (Wildman–Crippen LogP) is 2.51. The van der Waals surface area contributed by atoms with Crippen molar-refractivity contribution < 1.29 is 19.2 Å². The van der Waals surface area contributed by atoms with Crippen LogP contribution in [0.25, 0.3) is 0 Å². The van der Waals surface area contributed by atoms with Gasteiger partial charge in [0.05, 0.1) is 0 Å². The number of halogens is 1. The molecule has 1 saturated heterocycles. The Morgan fingerprint density at radius 3 is 2.52 bits per heavy atom. The molecule has 3 N–H and O–H groups in total. The van der Waals surface area contributed by atoms with E-state index >= 15 is 0 Å². The van der Waals surface area contributed by atoms with Crippen LogP contribution in [0.3, 0.4) is 0 Å². The third-order valence-corrected chi connectivity index (χ3v) is 5.93. The molecule has 2 fully saturated rings. The van der Waals surface area contributed by atoms with Crippen LogP contribution < -0.4 is 16.0 Å². The number of urea groups is 2. The van der Waals surface area contributed by atoms with Crippen LogP contribution in [0.15, 0.2) is 24.3 Å². The van der Waals surface area contributed by atoms with Gasteiger partial charge in [-0.05, 0) is 43.4 Å². The number of carbonyl (C=O) groups is 4. The van der Waals surface area contributed by atoms with Crippen LogP contribution in [0, 0.1) is 5.92 Å². The number of imide groups is 2. The van der Waals surface area contributed by atoms with Gasteiger partial charge in [-0.15, -0.1) is 0 Å². The van der Waals surface area contributed by atoms with Gasteiger partial charge in [-0.2, -0.15) is 0 Å². The van der Waals surface area contributed by atoms with E-state index in [2.05, 4.69) is 22.9 Å². The van der Waals surface area contributed by atoms with E-state index in [9.17, 15) is 19.2 Å². The summed E-state index contributed by atoms with van der Waals surface area (Å²) in [4.78, 5) is 50.3. The summed E-state index contributed by atoms with van der Waals surface area (Å²) in [6, 6.07) is 5.24. The van der Waals surface area contributed by atoms with E-state index in [0.29, 0.717) is 16.5 Å². The second-order valence-electron chi connectivity index (χ2n) is 7.84. The molecule has 0 aromatic heterocycles. The van der Waals surface area contributed by atoms with E-state index < -0.39 is 36.0 Å². The molecule has 0 bridgehead atoms. The minimum absolute atomic E-state index is 0.0152. The maximum Gasteiger partial charge on any atom is 0.325 e. The Morgan fingerprint density at radius 1 is 1.21 bits per heavy atom. The molecule has 1 heterocycles. The normalized spacial score (nSPS) is 26.8. The molecule has 3 rings (SSSR count). The largest absolute Gasteiger partial charge is 0.335 e. The first-order valence-electron chi connectivity index (χ1n) is 9.71. The van der Waals surface area contributed by atoms with E-state index in [-0.39, 0.29) is 6.04 Å². The summed E-state index contributed by atoms with van der Waals surface area (Å²) in [6.07, 6.45) is 4.08. The molecule has 9 heteroatoms. The van der Waals surface area contributed by atoms with Crippen LogP contribution in [0.4, 0.5) is 9.59 Å². The molecule has 3 atom stereocenters. The van der Waals surface area contributed by atoms with E-state index in [4.69, 9.17) is 11.6 Å². The van der Waals surface area contributed by atoms with E-state index in [1.54, 1.807) is 31.2 Å². The van der Waals surface area contributed by atoms with Crippen molar-refractivity contribution in [3.63, 3.8) is 0 Å². The lowest BCUT2D eigenvalue weighted by atomic mass is 9.86. The van der Waals surface area contributed by atoms with Crippen molar-refractivity contribution >= 4 is 35.5 Å². The molecule has 8 nitrogen and oxygen atoms in total. The number of rotatable bonds is 4. The van der Waals surface area contributed by atoms with Crippen molar-refractivity contribution in [1.29, 1.82) is 0 Å². The van der Waals surface area contributed by atoms with Gasteiger partial charge in [0.25, 0.3) is 5.91 Å². The Balaban J connectivity index is 1.60. The first-order valence-corrected chi connectivity index (χ1v) is 10.1. The van der Waals surface area contributed by atoms with Gasteiger partial charge in [0, 0.05) is 11.1 Å². The zero-order valence-electron chi connectivity index (χ0n) is 16.5. The van der Waals surface area contributed by atoms with Crippen LogP contribution in [0.2, 0.25) is 5.02 Å². The molecular weight excluding hydrogens is 396 g/mol. The molecule has 29 heavy (non-hydrogen) atoms. The molecule has 1 aromatic rings. The lowest BCUT2D eigenvalue weighted by Crippen LogP contribution is -2.50. The number of nitrogens with one attached hydrogen (secondary N) is 3. The van der Waals surface area contributed by atoms with Gasteiger partial charge in [-0.25, -0.2) is 9.59 Å². The lowest BCUT2D eigenvalue weighted by Gasteiger charge is -2.29. The Kier molecular flexibility index (Phi) is 6.12. The lowest BCUT2D eigenvalue weighted by molar-refractivity contribution is -0.134. The monoisotopic (exact) mass is 420 g/mol. The number of amides is 6. The highest BCUT2D eigenvalue weighted by Crippen LogP contribution is 2.29. The van der Waals surface area contributed by atoms with Crippen molar-refractivity contribution in [2.24, 2.45) is 5.92 Å². The summed E-state index contributed by atoms with van der Waals surface area (Å²) in [5, 5.41) is 8.13. The topological polar surface area (TPSA) is 108 Å². The van der Waals surface area contributed by atoms with Crippen LogP contribution >= 0.6 is 11.6 Å². The molecule has 1 aliphatic heterocycles. The average Bonchev–Trinajstić information content (AvgIpc) is 2.88. The van der Waals surface area contributed by atoms with Gasteiger partial charge in [0.1, 0.15) is 12.1 Å². The maximum atomic E-state index is 12.8. The first kappa shape index (κ1) is 21.1. The summed E-state index contributed by atoms with van der Waals surface area (Å²) in [7, 11) is 0. The Bertz CT molecular complexity index is 828. The number of hydrogen-bond donors (Lipinski definition) is 3. The third-order valence-electron chi connectivity index (χ3n) is 5.68. The van der Waals surface area contributed by atoms with Crippen molar-refractivity contribution in [1.82, 2.24) is 20.9 Å². The molecule has 3 unspecified atom stereocenters. The Morgan fingerprint density at radius 2 is 1.86 bits per heavy atom. The van der Waals surface area contributed by atoms with Gasteiger partial charge < -0.3 is 10.6 Å². The van der Waals surface area contributed by atoms with Crippen LogP contribution in [-0.2, 0) is 15.1 Å². The van der Waals surface area contributed by atoms with Gasteiger partial charge >= 0.3 is 12.1 Å². The first-order chi connectivity index (χ1) is 13.7. The number of nitrogens with zero attached hydrogens (tertiary/aromatic N) is 1. The molecule has 0 spiro atoms. The summed E-state index contributed by atoms with van der Waals surface area (Å²) in [6.45, 7) is 3.09. The fourth-order valence-corrected chi connectivity index (χ4v) is 3.99. The molecule has 6 amide bonds. The van der Waals surface area contributed by atoms with Crippen molar-refractivity contribution in [2.75, 3.05) is 6.54 Å². The fourth-order valence-electron chi connectivity index (χ4n) is 3.86. The second kappa shape index (κ2) is 8.41. The van der Waals surface area contributed by atoms with Crippen molar-refractivity contribution in [3.8, 4) is 0 Å².